The summed E-state index contributed by atoms with van der Waals surface area (Å²) >= 11 is 1.27. The first-order chi connectivity index (χ1) is 15.0. The number of carbonyl (C=O) groups is 2. The number of methoxy groups -OCH3 is 2. The topological polar surface area (TPSA) is 93.6 Å². The maximum Gasteiger partial charge on any atom is 0.265 e. The summed E-state index contributed by atoms with van der Waals surface area (Å²) < 4.78 is 10.6. The van der Waals surface area contributed by atoms with Crippen LogP contribution in [0.1, 0.15) is 33.3 Å². The van der Waals surface area contributed by atoms with Gasteiger partial charge in [0.2, 0.25) is 11.0 Å². The standard InChI is InChI=1S/C22H22N4O4S/c1-13-7-9-15(10-8-13)26-12-14(11-18(26)27)21-24-25-22(31-21)23-20(28)19-16(29-2)5-4-6-17(19)30-3/h4-10,14H,11-12H2,1-3H3,(H,23,25,28). The first-order valence-electron chi connectivity index (χ1n) is 9.73. The molecule has 4 rings (SSSR count). The Hall–Kier alpha value is -3.46. The van der Waals surface area contributed by atoms with E-state index in [1.165, 1.54) is 25.6 Å². The fraction of sp³-hybridized carbons (Fsp3) is 0.273. The predicted octanol–water partition coefficient (Wildman–Crippen LogP) is 3.64. The minimum absolute atomic E-state index is 0.0494. The van der Waals surface area contributed by atoms with E-state index in [1.54, 1.807) is 23.1 Å². The quantitative estimate of drug-likeness (QED) is 0.632. The summed E-state index contributed by atoms with van der Waals surface area (Å²) in [5.74, 6) is 0.375. The van der Waals surface area contributed by atoms with Gasteiger partial charge in [-0.05, 0) is 31.2 Å². The van der Waals surface area contributed by atoms with Crippen LogP contribution in [0.3, 0.4) is 0 Å². The summed E-state index contributed by atoms with van der Waals surface area (Å²) in [6.07, 6.45) is 0.358. The van der Waals surface area contributed by atoms with Crippen LogP contribution in [-0.4, -0.2) is 42.8 Å². The third kappa shape index (κ3) is 4.22. The molecule has 0 aliphatic carbocycles. The number of hydrogen-bond donors (Lipinski definition) is 1. The van der Waals surface area contributed by atoms with Gasteiger partial charge in [-0.15, -0.1) is 10.2 Å². The Morgan fingerprint density at radius 3 is 2.42 bits per heavy atom. The zero-order valence-electron chi connectivity index (χ0n) is 17.4. The number of carbonyl (C=O) groups excluding carboxylic acids is 2. The number of ether oxygens (including phenoxy) is 2. The average Bonchev–Trinajstić information content (AvgIpc) is 3.40. The van der Waals surface area contributed by atoms with E-state index in [0.29, 0.717) is 34.6 Å². The fourth-order valence-electron chi connectivity index (χ4n) is 3.53. The van der Waals surface area contributed by atoms with Crippen LogP contribution in [0.25, 0.3) is 0 Å². The highest BCUT2D eigenvalue weighted by Gasteiger charge is 2.34. The van der Waals surface area contributed by atoms with Gasteiger partial charge in [0.1, 0.15) is 22.1 Å². The van der Waals surface area contributed by atoms with Crippen molar-refractivity contribution in [1.29, 1.82) is 0 Å². The summed E-state index contributed by atoms with van der Waals surface area (Å²) in [5, 5.41) is 12.1. The van der Waals surface area contributed by atoms with E-state index in [2.05, 4.69) is 15.5 Å². The maximum absolute atomic E-state index is 12.8. The summed E-state index contributed by atoms with van der Waals surface area (Å²) in [5.41, 5.74) is 2.30. The summed E-state index contributed by atoms with van der Waals surface area (Å²) in [6.45, 7) is 2.54. The van der Waals surface area contributed by atoms with Gasteiger partial charge in [-0.2, -0.15) is 0 Å². The lowest BCUT2D eigenvalue weighted by molar-refractivity contribution is -0.117. The Bertz CT molecular complexity index is 1090. The molecule has 0 bridgehead atoms. The van der Waals surface area contributed by atoms with Gasteiger partial charge in [-0.3, -0.25) is 14.9 Å². The minimum atomic E-state index is -0.402. The lowest BCUT2D eigenvalue weighted by Crippen LogP contribution is -2.24. The number of rotatable bonds is 6. The number of aryl methyl sites for hydroxylation is 1. The Balaban J connectivity index is 1.49. The molecule has 1 unspecified atom stereocenters. The van der Waals surface area contributed by atoms with Gasteiger partial charge in [0.05, 0.1) is 14.2 Å². The first kappa shape index (κ1) is 20.8. The van der Waals surface area contributed by atoms with Crippen molar-refractivity contribution in [2.45, 2.75) is 19.3 Å². The molecule has 1 aliphatic rings. The summed E-state index contributed by atoms with van der Waals surface area (Å²) in [7, 11) is 2.98. The van der Waals surface area contributed by atoms with E-state index in [0.717, 1.165) is 11.3 Å². The third-order valence-corrected chi connectivity index (χ3v) is 6.14. The van der Waals surface area contributed by atoms with Gasteiger partial charge in [-0.1, -0.05) is 35.1 Å². The minimum Gasteiger partial charge on any atom is -0.496 e. The second-order valence-corrected chi connectivity index (χ2v) is 8.19. The van der Waals surface area contributed by atoms with E-state index >= 15 is 0 Å². The number of aromatic nitrogens is 2. The number of nitrogens with one attached hydrogen (secondary N) is 1. The molecule has 1 aromatic heterocycles. The first-order valence-corrected chi connectivity index (χ1v) is 10.5. The zero-order chi connectivity index (χ0) is 22.0. The normalized spacial score (nSPS) is 15.8. The molecule has 31 heavy (non-hydrogen) atoms. The summed E-state index contributed by atoms with van der Waals surface area (Å²) in [6, 6.07) is 13.0. The molecule has 2 amide bonds. The van der Waals surface area contributed by atoms with Gasteiger partial charge in [-0.25, -0.2) is 0 Å². The van der Waals surface area contributed by atoms with Crippen LogP contribution in [0.2, 0.25) is 0 Å². The van der Waals surface area contributed by atoms with Crippen molar-refractivity contribution in [2.75, 3.05) is 31.0 Å². The number of anilines is 2. The molecule has 1 aliphatic heterocycles. The zero-order valence-corrected chi connectivity index (χ0v) is 18.2. The van der Waals surface area contributed by atoms with Crippen molar-refractivity contribution in [2.24, 2.45) is 0 Å². The molecular formula is C22H22N4O4S. The summed E-state index contributed by atoms with van der Waals surface area (Å²) in [4.78, 5) is 27.1. The SMILES string of the molecule is COc1cccc(OC)c1C(=O)Nc1nnc(C2CC(=O)N(c3ccc(C)cc3)C2)s1. The highest BCUT2D eigenvalue weighted by atomic mass is 32.1. The predicted molar refractivity (Wildman–Crippen MR) is 118 cm³/mol. The van der Waals surface area contributed by atoms with Crippen molar-refractivity contribution >= 4 is 34.0 Å². The van der Waals surface area contributed by atoms with E-state index in [4.69, 9.17) is 9.47 Å². The van der Waals surface area contributed by atoms with Crippen LogP contribution in [-0.2, 0) is 4.79 Å². The van der Waals surface area contributed by atoms with E-state index in [9.17, 15) is 9.59 Å². The van der Waals surface area contributed by atoms with Crippen molar-refractivity contribution in [1.82, 2.24) is 10.2 Å². The van der Waals surface area contributed by atoms with Crippen LogP contribution >= 0.6 is 11.3 Å². The monoisotopic (exact) mass is 438 g/mol. The van der Waals surface area contributed by atoms with Crippen LogP contribution in [0.4, 0.5) is 10.8 Å². The second-order valence-electron chi connectivity index (χ2n) is 7.18. The van der Waals surface area contributed by atoms with Crippen LogP contribution in [0.15, 0.2) is 42.5 Å². The van der Waals surface area contributed by atoms with Crippen molar-refractivity contribution in [3.05, 3.63) is 58.6 Å². The van der Waals surface area contributed by atoms with Crippen LogP contribution in [0.5, 0.6) is 11.5 Å². The molecule has 1 saturated heterocycles. The maximum atomic E-state index is 12.8. The largest absolute Gasteiger partial charge is 0.496 e. The van der Waals surface area contributed by atoms with E-state index in [1.807, 2.05) is 31.2 Å². The van der Waals surface area contributed by atoms with Gasteiger partial charge in [0.15, 0.2) is 0 Å². The highest BCUT2D eigenvalue weighted by Crippen LogP contribution is 2.35. The fourth-order valence-corrected chi connectivity index (χ4v) is 4.36. The van der Waals surface area contributed by atoms with Crippen LogP contribution < -0.4 is 19.7 Å². The number of hydrogen-bond acceptors (Lipinski definition) is 7. The average molecular weight is 439 g/mol. The molecule has 0 spiro atoms. The molecule has 1 N–H and O–H groups in total. The molecule has 1 atom stereocenters. The molecule has 0 radical (unpaired) electrons. The van der Waals surface area contributed by atoms with Crippen LogP contribution in [0, 0.1) is 6.92 Å². The number of nitrogens with zero attached hydrogens (tertiary/aromatic N) is 3. The van der Waals surface area contributed by atoms with Crippen molar-refractivity contribution in [3.8, 4) is 11.5 Å². The molecule has 3 aromatic rings. The van der Waals surface area contributed by atoms with Crippen molar-refractivity contribution < 1.29 is 19.1 Å². The molecule has 0 saturated carbocycles. The van der Waals surface area contributed by atoms with E-state index < -0.39 is 5.91 Å². The third-order valence-electron chi connectivity index (χ3n) is 5.14. The molecule has 1 fully saturated rings. The lowest BCUT2D eigenvalue weighted by Gasteiger charge is -2.16. The molecule has 160 valence electrons. The molecule has 2 heterocycles. The van der Waals surface area contributed by atoms with Gasteiger partial charge in [0, 0.05) is 24.6 Å². The lowest BCUT2D eigenvalue weighted by atomic mass is 10.1. The molecule has 8 nitrogen and oxygen atoms in total. The van der Waals surface area contributed by atoms with Gasteiger partial charge >= 0.3 is 0 Å². The van der Waals surface area contributed by atoms with Crippen molar-refractivity contribution in [3.63, 3.8) is 0 Å². The Morgan fingerprint density at radius 1 is 1.10 bits per heavy atom. The van der Waals surface area contributed by atoms with E-state index in [-0.39, 0.29) is 17.4 Å². The Kier molecular flexibility index (Phi) is 5.85. The molecule has 9 heteroatoms. The number of benzene rings is 2. The number of amides is 2. The highest BCUT2D eigenvalue weighted by molar-refractivity contribution is 7.15. The van der Waals surface area contributed by atoms with Gasteiger partial charge in [0.25, 0.3) is 5.91 Å². The van der Waals surface area contributed by atoms with Gasteiger partial charge < -0.3 is 14.4 Å². The second kappa shape index (κ2) is 8.73. The molecule has 2 aromatic carbocycles. The smallest absolute Gasteiger partial charge is 0.265 e. The molecular weight excluding hydrogens is 416 g/mol. The Morgan fingerprint density at radius 2 is 1.77 bits per heavy atom. The Labute approximate surface area is 183 Å².